The first kappa shape index (κ1) is 14.1. The first-order chi connectivity index (χ1) is 11.3. The number of piperazine rings is 1. The lowest BCUT2D eigenvalue weighted by atomic mass is 9.54. The molecule has 0 radical (unpaired) electrons. The second-order valence-electron chi connectivity index (χ2n) is 10.6. The quantitative estimate of drug-likeness (QED) is 0.745. The van der Waals surface area contributed by atoms with Crippen molar-refractivity contribution >= 4 is 0 Å². The Hall–Kier alpha value is -0.0800. The summed E-state index contributed by atoms with van der Waals surface area (Å²) in [5.74, 6) is 6.81. The molecule has 6 bridgehead atoms. The Balaban J connectivity index is 1.11. The van der Waals surface area contributed by atoms with E-state index in [-0.39, 0.29) is 0 Å². The average molecular weight is 317 g/mol. The maximum atomic E-state index is 2.06. The van der Waals surface area contributed by atoms with Crippen molar-refractivity contribution < 1.29 is 9.80 Å². The first-order valence-corrected chi connectivity index (χ1v) is 11.0. The highest BCUT2D eigenvalue weighted by Crippen LogP contribution is 2.53. The van der Waals surface area contributed by atoms with E-state index < -0.39 is 0 Å². The van der Waals surface area contributed by atoms with Crippen molar-refractivity contribution in [1.82, 2.24) is 0 Å². The van der Waals surface area contributed by atoms with Gasteiger partial charge >= 0.3 is 0 Å². The van der Waals surface area contributed by atoms with Crippen LogP contribution in [-0.2, 0) is 0 Å². The van der Waals surface area contributed by atoms with Gasteiger partial charge in [0.05, 0.1) is 12.1 Å². The van der Waals surface area contributed by atoms with Gasteiger partial charge in [-0.05, 0) is 69.1 Å². The Labute approximate surface area is 142 Å². The molecule has 3 atom stereocenters. The fourth-order valence-electron chi connectivity index (χ4n) is 8.93. The number of nitrogens with one attached hydrogen (secondary N) is 2. The molecule has 1 heterocycles. The van der Waals surface area contributed by atoms with E-state index >= 15 is 0 Å². The van der Waals surface area contributed by atoms with Gasteiger partial charge in [0.1, 0.15) is 26.2 Å². The Morgan fingerprint density at radius 2 is 1.09 bits per heavy atom. The summed E-state index contributed by atoms with van der Waals surface area (Å²) >= 11 is 0. The lowest BCUT2D eigenvalue weighted by Crippen LogP contribution is -3.32. The van der Waals surface area contributed by atoms with E-state index in [9.17, 15) is 0 Å². The topological polar surface area (TPSA) is 8.88 Å². The van der Waals surface area contributed by atoms with Gasteiger partial charge < -0.3 is 9.80 Å². The summed E-state index contributed by atoms with van der Waals surface area (Å²) in [5, 5.41) is 0. The Morgan fingerprint density at radius 3 is 1.65 bits per heavy atom. The number of hydrogen-bond donors (Lipinski definition) is 2. The third-order valence-electron chi connectivity index (χ3n) is 9.50. The Bertz CT molecular complexity index is 438. The minimum absolute atomic E-state index is 1.08. The van der Waals surface area contributed by atoms with Crippen molar-refractivity contribution in [3.05, 3.63) is 0 Å². The molecule has 0 spiro atoms. The summed E-state index contributed by atoms with van der Waals surface area (Å²) in [5.41, 5.74) is 0. The van der Waals surface area contributed by atoms with Crippen molar-refractivity contribution in [3.8, 4) is 0 Å². The third kappa shape index (κ3) is 2.20. The first-order valence-electron chi connectivity index (χ1n) is 11.0. The van der Waals surface area contributed by atoms with Crippen LogP contribution in [0, 0.1) is 35.5 Å². The van der Waals surface area contributed by atoms with Gasteiger partial charge in [0.2, 0.25) is 0 Å². The Morgan fingerprint density at radius 1 is 0.478 bits per heavy atom. The number of hydrogen-bond acceptors (Lipinski definition) is 0. The molecule has 7 fully saturated rings. The number of quaternary nitrogens is 2. The highest BCUT2D eigenvalue weighted by molar-refractivity contribution is 4.98. The largest absolute Gasteiger partial charge is 0.323 e. The molecule has 0 amide bonds. The zero-order valence-electron chi connectivity index (χ0n) is 14.8. The highest BCUT2D eigenvalue weighted by Gasteiger charge is 2.53. The van der Waals surface area contributed by atoms with Gasteiger partial charge in [0, 0.05) is 24.2 Å². The maximum Gasteiger partial charge on any atom is 0.127 e. The van der Waals surface area contributed by atoms with Gasteiger partial charge in [-0.15, -0.1) is 0 Å². The molecule has 0 aromatic rings. The average Bonchev–Trinajstić information content (AvgIpc) is 3.17. The summed E-state index contributed by atoms with van der Waals surface area (Å²) in [6.45, 7) is 6.03. The van der Waals surface area contributed by atoms with Crippen molar-refractivity contribution in [1.29, 1.82) is 0 Å². The fraction of sp³-hybridized carbons (Fsp3) is 1.00. The van der Waals surface area contributed by atoms with Gasteiger partial charge in [-0.3, -0.25) is 0 Å². The molecular formula is C21H36N2+2. The SMILES string of the molecule is C1C2CC3CC1CC(C2)C3[NH+]1CC[NH+]([C@H]2C[C@@H]3CC[C@@H]2C3)CC1. The predicted octanol–water partition coefficient (Wildman–Crippen LogP) is 0.783. The number of rotatable bonds is 2. The van der Waals surface area contributed by atoms with E-state index in [1.807, 2.05) is 4.90 Å². The van der Waals surface area contributed by atoms with E-state index in [1.54, 1.807) is 57.8 Å². The van der Waals surface area contributed by atoms with Crippen LogP contribution in [0.1, 0.15) is 57.8 Å². The molecule has 6 saturated carbocycles. The summed E-state index contributed by atoms with van der Waals surface area (Å²) < 4.78 is 0. The Kier molecular flexibility index (Phi) is 3.20. The highest BCUT2D eigenvalue weighted by atomic mass is 15.3. The van der Waals surface area contributed by atoms with Crippen LogP contribution in [-0.4, -0.2) is 38.3 Å². The van der Waals surface area contributed by atoms with Crippen LogP contribution in [0.2, 0.25) is 0 Å². The van der Waals surface area contributed by atoms with Crippen molar-refractivity contribution in [2.24, 2.45) is 35.5 Å². The van der Waals surface area contributed by atoms with Gasteiger partial charge in [0.15, 0.2) is 0 Å². The smallest absolute Gasteiger partial charge is 0.127 e. The van der Waals surface area contributed by atoms with Crippen molar-refractivity contribution in [2.75, 3.05) is 26.2 Å². The molecule has 7 aliphatic rings. The van der Waals surface area contributed by atoms with Crippen molar-refractivity contribution in [3.63, 3.8) is 0 Å². The predicted molar refractivity (Wildman–Crippen MR) is 91.5 cm³/mol. The van der Waals surface area contributed by atoms with Crippen molar-refractivity contribution in [2.45, 2.75) is 69.9 Å². The molecule has 2 N–H and O–H groups in total. The summed E-state index contributed by atoms with van der Waals surface area (Å²) in [7, 11) is 0. The monoisotopic (exact) mass is 316 g/mol. The minimum Gasteiger partial charge on any atom is -0.323 e. The molecule has 1 aliphatic heterocycles. The van der Waals surface area contributed by atoms with Gasteiger partial charge in [0.25, 0.3) is 0 Å². The van der Waals surface area contributed by atoms with Crippen LogP contribution in [0.4, 0.5) is 0 Å². The van der Waals surface area contributed by atoms with Gasteiger partial charge in [-0.1, -0.05) is 0 Å². The van der Waals surface area contributed by atoms with Crippen LogP contribution in [0.3, 0.4) is 0 Å². The molecule has 23 heavy (non-hydrogen) atoms. The van der Waals surface area contributed by atoms with Gasteiger partial charge in [-0.25, -0.2) is 0 Å². The molecule has 0 aromatic heterocycles. The van der Waals surface area contributed by atoms with E-state index in [2.05, 4.69) is 4.90 Å². The number of fused-ring (bicyclic) bond motifs is 2. The van der Waals surface area contributed by atoms with Crippen LogP contribution in [0.15, 0.2) is 0 Å². The lowest BCUT2D eigenvalue weighted by molar-refractivity contribution is -1.04. The summed E-state index contributed by atoms with van der Waals surface area (Å²) in [4.78, 5) is 4.09. The molecule has 2 nitrogen and oxygen atoms in total. The van der Waals surface area contributed by atoms with Crippen LogP contribution >= 0.6 is 0 Å². The standard InChI is InChI=1S/C21H34N2/c1-2-17-8-14(1)13-20(17)22-3-5-23(6-4-22)21-18-9-15-7-16(11-18)12-19(21)10-15/h14-21H,1-13H2/p+2/t14-,15?,16?,17-,18?,19?,20+,21?/m1/s1. The molecule has 0 aromatic carbocycles. The van der Waals surface area contributed by atoms with Crippen LogP contribution < -0.4 is 9.80 Å². The minimum atomic E-state index is 1.08. The second-order valence-corrected chi connectivity index (χ2v) is 10.6. The molecule has 0 unspecified atom stereocenters. The van der Waals surface area contributed by atoms with Crippen LogP contribution in [0.5, 0.6) is 0 Å². The second kappa shape index (κ2) is 5.21. The molecular weight excluding hydrogens is 280 g/mol. The maximum absolute atomic E-state index is 2.06. The summed E-state index contributed by atoms with van der Waals surface area (Å²) in [6.07, 6.45) is 14.4. The normalized spacial score (nSPS) is 60.5. The molecule has 1 saturated heterocycles. The van der Waals surface area contributed by atoms with E-state index in [0.29, 0.717) is 0 Å². The van der Waals surface area contributed by atoms with Gasteiger partial charge in [-0.2, -0.15) is 0 Å². The molecule has 128 valence electrons. The van der Waals surface area contributed by atoms with Crippen LogP contribution in [0.25, 0.3) is 0 Å². The molecule has 2 heteroatoms. The molecule has 7 rings (SSSR count). The zero-order chi connectivity index (χ0) is 15.0. The fourth-order valence-corrected chi connectivity index (χ4v) is 8.93. The van der Waals surface area contributed by atoms with E-state index in [1.165, 1.54) is 26.2 Å². The van der Waals surface area contributed by atoms with E-state index in [0.717, 1.165) is 47.6 Å². The lowest BCUT2D eigenvalue weighted by Gasteiger charge is -2.56. The van der Waals surface area contributed by atoms with E-state index in [4.69, 9.17) is 0 Å². The third-order valence-corrected chi connectivity index (χ3v) is 9.50. The molecule has 6 aliphatic carbocycles. The zero-order valence-corrected chi connectivity index (χ0v) is 14.8. The summed E-state index contributed by atoms with van der Waals surface area (Å²) in [6, 6.07) is 2.16.